The maximum atomic E-state index is 3.74. The molecule has 0 spiro atoms. The van der Waals surface area contributed by atoms with Crippen LogP contribution in [0.15, 0.2) is 18.3 Å². The van der Waals surface area contributed by atoms with Crippen molar-refractivity contribution in [3.05, 3.63) is 24.0 Å². The van der Waals surface area contributed by atoms with E-state index < -0.39 is 0 Å². The van der Waals surface area contributed by atoms with E-state index in [0.29, 0.717) is 0 Å². The fraction of sp³-hybridized carbons (Fsp3) is 0.714. The van der Waals surface area contributed by atoms with Gasteiger partial charge in [0.2, 0.25) is 0 Å². The number of aryl methyl sites for hydroxylation is 1. The number of hydrogen-bond acceptors (Lipinski definition) is 1. The number of rotatable bonds is 4. The predicted octanol–water partition coefficient (Wildman–Crippen LogP) is 3.08. The summed E-state index contributed by atoms with van der Waals surface area (Å²) in [7, 11) is 2.12. The maximum Gasteiger partial charge on any atom is 0.0361 e. The molecule has 2 rings (SSSR count). The lowest BCUT2D eigenvalue weighted by atomic mass is 9.83. The van der Waals surface area contributed by atoms with E-state index in [-0.39, 0.29) is 0 Å². The van der Waals surface area contributed by atoms with Gasteiger partial charge in [-0.3, -0.25) is 0 Å². The first-order valence-electron chi connectivity index (χ1n) is 6.65. The van der Waals surface area contributed by atoms with E-state index in [1.54, 1.807) is 0 Å². The summed E-state index contributed by atoms with van der Waals surface area (Å²) in [5.74, 6) is 0.897. The highest BCUT2D eigenvalue weighted by atomic mass is 15.0. The van der Waals surface area contributed by atoms with E-state index >= 15 is 0 Å². The average molecular weight is 220 g/mol. The zero-order valence-corrected chi connectivity index (χ0v) is 10.6. The van der Waals surface area contributed by atoms with E-state index in [1.165, 1.54) is 37.8 Å². The summed E-state index contributed by atoms with van der Waals surface area (Å²) >= 11 is 0. The van der Waals surface area contributed by atoms with Crippen LogP contribution >= 0.6 is 0 Å². The molecule has 16 heavy (non-hydrogen) atoms. The van der Waals surface area contributed by atoms with Gasteiger partial charge in [0.1, 0.15) is 0 Å². The minimum atomic E-state index is 0.744. The number of aromatic nitrogens is 1. The molecule has 0 saturated heterocycles. The minimum Gasteiger partial charge on any atom is -0.353 e. The molecule has 2 atom stereocenters. The minimum absolute atomic E-state index is 0.744. The van der Waals surface area contributed by atoms with E-state index in [9.17, 15) is 0 Å². The lowest BCUT2D eigenvalue weighted by Gasteiger charge is -2.31. The van der Waals surface area contributed by atoms with Crippen LogP contribution in [0, 0.1) is 5.92 Å². The number of nitrogens with one attached hydrogen (secondary N) is 1. The Hall–Kier alpha value is -0.760. The zero-order chi connectivity index (χ0) is 11.4. The fourth-order valence-electron chi connectivity index (χ4n) is 2.88. The quantitative estimate of drug-likeness (QED) is 0.825. The Morgan fingerprint density at radius 2 is 2.19 bits per heavy atom. The molecule has 2 nitrogen and oxygen atoms in total. The van der Waals surface area contributed by atoms with Crippen molar-refractivity contribution in [3.8, 4) is 0 Å². The average Bonchev–Trinajstić information content (AvgIpc) is 2.72. The molecular formula is C14H24N2. The van der Waals surface area contributed by atoms with Crippen molar-refractivity contribution in [1.29, 1.82) is 0 Å². The first-order chi connectivity index (χ1) is 7.81. The summed E-state index contributed by atoms with van der Waals surface area (Å²) in [6, 6.07) is 5.07. The lowest BCUT2D eigenvalue weighted by molar-refractivity contribution is 0.253. The molecule has 0 aliphatic heterocycles. The Morgan fingerprint density at radius 1 is 1.38 bits per heavy atom. The second-order valence-electron chi connectivity index (χ2n) is 5.05. The van der Waals surface area contributed by atoms with Crippen LogP contribution in [0.4, 0.5) is 0 Å². The van der Waals surface area contributed by atoms with Gasteiger partial charge in [0.05, 0.1) is 0 Å². The third kappa shape index (κ3) is 2.67. The van der Waals surface area contributed by atoms with Gasteiger partial charge >= 0.3 is 0 Å². The maximum absolute atomic E-state index is 3.74. The molecular weight excluding hydrogens is 196 g/mol. The SMILES string of the molecule is CCC1CCCCC1NCc1cccn1C. The highest BCUT2D eigenvalue weighted by Crippen LogP contribution is 2.26. The molecule has 1 aromatic rings. The van der Waals surface area contributed by atoms with Crippen molar-refractivity contribution < 1.29 is 0 Å². The molecule has 1 aliphatic carbocycles. The molecule has 2 unspecified atom stereocenters. The molecule has 0 amide bonds. The van der Waals surface area contributed by atoms with Crippen LogP contribution < -0.4 is 5.32 Å². The van der Waals surface area contributed by atoms with Crippen LogP contribution in [-0.2, 0) is 13.6 Å². The second-order valence-corrected chi connectivity index (χ2v) is 5.05. The molecule has 0 bridgehead atoms. The van der Waals surface area contributed by atoms with E-state index in [0.717, 1.165) is 18.5 Å². The standard InChI is InChI=1S/C14H24N2/c1-3-12-7-4-5-9-14(12)15-11-13-8-6-10-16(13)2/h6,8,10,12,14-15H,3-5,7,9,11H2,1-2H3. The summed E-state index contributed by atoms with van der Waals surface area (Å²) in [4.78, 5) is 0. The molecule has 0 aromatic carbocycles. The van der Waals surface area contributed by atoms with Gasteiger partial charge < -0.3 is 9.88 Å². The molecule has 1 heterocycles. The lowest BCUT2D eigenvalue weighted by Crippen LogP contribution is -2.38. The third-order valence-corrected chi connectivity index (χ3v) is 4.03. The molecule has 90 valence electrons. The Morgan fingerprint density at radius 3 is 2.88 bits per heavy atom. The van der Waals surface area contributed by atoms with Gasteiger partial charge in [-0.2, -0.15) is 0 Å². The van der Waals surface area contributed by atoms with Gasteiger partial charge in [-0.15, -0.1) is 0 Å². The first kappa shape index (κ1) is 11.7. The zero-order valence-electron chi connectivity index (χ0n) is 10.6. The molecule has 1 aliphatic rings. The Kier molecular flexibility index (Phi) is 4.05. The van der Waals surface area contributed by atoms with Gasteiger partial charge in [-0.25, -0.2) is 0 Å². The van der Waals surface area contributed by atoms with Crippen molar-refractivity contribution >= 4 is 0 Å². The van der Waals surface area contributed by atoms with Crippen molar-refractivity contribution in [3.63, 3.8) is 0 Å². The normalized spacial score (nSPS) is 25.9. The highest BCUT2D eigenvalue weighted by molar-refractivity contribution is 5.06. The number of nitrogens with zero attached hydrogens (tertiary/aromatic N) is 1. The van der Waals surface area contributed by atoms with Gasteiger partial charge in [0, 0.05) is 31.5 Å². The van der Waals surface area contributed by atoms with Crippen LogP contribution in [0.5, 0.6) is 0 Å². The summed E-state index contributed by atoms with van der Waals surface area (Å²) in [6.45, 7) is 3.35. The van der Waals surface area contributed by atoms with Crippen LogP contribution in [0.3, 0.4) is 0 Å². The van der Waals surface area contributed by atoms with Crippen molar-refractivity contribution in [1.82, 2.24) is 9.88 Å². The Labute approximate surface area is 99.0 Å². The van der Waals surface area contributed by atoms with Gasteiger partial charge in [-0.1, -0.05) is 26.2 Å². The Bertz CT molecular complexity index is 316. The molecule has 1 N–H and O–H groups in total. The van der Waals surface area contributed by atoms with Crippen molar-refractivity contribution in [2.45, 2.75) is 51.6 Å². The largest absolute Gasteiger partial charge is 0.353 e. The third-order valence-electron chi connectivity index (χ3n) is 4.03. The van der Waals surface area contributed by atoms with Crippen molar-refractivity contribution in [2.24, 2.45) is 13.0 Å². The van der Waals surface area contributed by atoms with Gasteiger partial charge in [0.25, 0.3) is 0 Å². The van der Waals surface area contributed by atoms with Crippen LogP contribution in [0.2, 0.25) is 0 Å². The fourth-order valence-corrected chi connectivity index (χ4v) is 2.88. The summed E-state index contributed by atoms with van der Waals surface area (Å²) in [5, 5.41) is 3.74. The smallest absolute Gasteiger partial charge is 0.0361 e. The predicted molar refractivity (Wildman–Crippen MR) is 68.3 cm³/mol. The van der Waals surface area contributed by atoms with E-state index in [2.05, 4.69) is 42.2 Å². The van der Waals surface area contributed by atoms with Gasteiger partial charge in [0.15, 0.2) is 0 Å². The van der Waals surface area contributed by atoms with Crippen molar-refractivity contribution in [2.75, 3.05) is 0 Å². The first-order valence-corrected chi connectivity index (χ1v) is 6.65. The molecule has 2 heteroatoms. The molecule has 1 saturated carbocycles. The summed E-state index contributed by atoms with van der Waals surface area (Å²) in [6.07, 6.45) is 9.06. The van der Waals surface area contributed by atoms with Gasteiger partial charge in [-0.05, 0) is 30.9 Å². The summed E-state index contributed by atoms with van der Waals surface area (Å²) < 4.78 is 2.21. The van der Waals surface area contributed by atoms with Crippen LogP contribution in [-0.4, -0.2) is 10.6 Å². The summed E-state index contributed by atoms with van der Waals surface area (Å²) in [5.41, 5.74) is 1.39. The molecule has 1 aromatic heterocycles. The topological polar surface area (TPSA) is 17.0 Å². The molecule has 0 radical (unpaired) electrons. The van der Waals surface area contributed by atoms with E-state index in [1.807, 2.05) is 0 Å². The highest BCUT2D eigenvalue weighted by Gasteiger charge is 2.22. The monoisotopic (exact) mass is 220 g/mol. The van der Waals surface area contributed by atoms with Crippen LogP contribution in [0.1, 0.15) is 44.7 Å². The Balaban J connectivity index is 1.86. The van der Waals surface area contributed by atoms with E-state index in [4.69, 9.17) is 0 Å². The molecule has 1 fully saturated rings. The number of hydrogen-bond donors (Lipinski definition) is 1. The second kappa shape index (κ2) is 5.53. The van der Waals surface area contributed by atoms with Crippen LogP contribution in [0.25, 0.3) is 0 Å².